The van der Waals surface area contributed by atoms with Crippen LogP contribution in [-0.4, -0.2) is 31.6 Å². The fourth-order valence-corrected chi connectivity index (χ4v) is 3.15. The summed E-state index contributed by atoms with van der Waals surface area (Å²) in [4.78, 5) is 26.4. The molecule has 3 aromatic rings. The lowest BCUT2D eigenvalue weighted by molar-refractivity contribution is -0.126. The number of benzene rings is 3. The molecule has 0 saturated heterocycles. The average molecular weight is 450 g/mol. The molecule has 3 amide bonds. The number of anilines is 2. The zero-order valence-electron chi connectivity index (χ0n) is 18.6. The molecule has 6 nitrogen and oxygen atoms in total. The molecule has 0 bridgehead atoms. The molecule has 2 N–H and O–H groups in total. The van der Waals surface area contributed by atoms with E-state index in [0.29, 0.717) is 37.5 Å². The number of urea groups is 1. The Morgan fingerprint density at radius 1 is 0.939 bits per heavy atom. The molecule has 0 spiro atoms. The van der Waals surface area contributed by atoms with E-state index in [2.05, 4.69) is 10.6 Å². The van der Waals surface area contributed by atoms with E-state index >= 15 is 0 Å². The number of hydrogen-bond donors (Lipinski definition) is 2. The van der Waals surface area contributed by atoms with E-state index in [1.54, 1.807) is 12.1 Å². The standard InChI is InChI=1S/C26H28FN3O3/c1-20-8-12-23(13-9-20)29-26(32)30(24-14-10-22(27)11-15-24)17-5-16-28-25(31)19-33-18-21-6-3-2-4-7-21/h2-4,6-15H,5,16-19H2,1H3,(H,28,31)(H,29,32). The first-order valence-corrected chi connectivity index (χ1v) is 10.8. The normalized spacial score (nSPS) is 10.5. The molecule has 172 valence electrons. The molecule has 0 heterocycles. The van der Waals surface area contributed by atoms with Crippen molar-refractivity contribution in [2.24, 2.45) is 0 Å². The fraction of sp³-hybridized carbons (Fsp3) is 0.231. The molecule has 33 heavy (non-hydrogen) atoms. The number of carbonyl (C=O) groups excluding carboxylic acids is 2. The van der Waals surface area contributed by atoms with Crippen molar-refractivity contribution in [3.8, 4) is 0 Å². The Kier molecular flexibility index (Phi) is 8.97. The van der Waals surface area contributed by atoms with Gasteiger partial charge in [-0.25, -0.2) is 9.18 Å². The molecule has 3 aromatic carbocycles. The molecule has 0 unspecified atom stereocenters. The Morgan fingerprint density at radius 3 is 2.33 bits per heavy atom. The van der Waals surface area contributed by atoms with E-state index < -0.39 is 0 Å². The highest BCUT2D eigenvalue weighted by Gasteiger charge is 2.16. The maximum absolute atomic E-state index is 13.4. The third-order valence-electron chi connectivity index (χ3n) is 4.91. The number of hydrogen-bond acceptors (Lipinski definition) is 3. The number of amides is 3. The third-order valence-corrected chi connectivity index (χ3v) is 4.91. The Balaban J connectivity index is 1.48. The molecular weight excluding hydrogens is 421 g/mol. The summed E-state index contributed by atoms with van der Waals surface area (Å²) < 4.78 is 18.8. The second-order valence-electron chi connectivity index (χ2n) is 7.61. The van der Waals surface area contributed by atoms with Gasteiger partial charge in [0.2, 0.25) is 5.91 Å². The van der Waals surface area contributed by atoms with Crippen molar-refractivity contribution < 1.29 is 18.7 Å². The lowest BCUT2D eigenvalue weighted by Crippen LogP contribution is -2.38. The SMILES string of the molecule is Cc1ccc(NC(=O)N(CCCNC(=O)COCc2ccccc2)c2ccc(F)cc2)cc1. The molecule has 0 fully saturated rings. The van der Waals surface area contributed by atoms with Crippen molar-refractivity contribution in [2.75, 3.05) is 29.9 Å². The first-order valence-electron chi connectivity index (χ1n) is 10.8. The van der Waals surface area contributed by atoms with E-state index in [-0.39, 0.29) is 24.4 Å². The third kappa shape index (κ3) is 8.05. The summed E-state index contributed by atoms with van der Waals surface area (Å²) in [6.07, 6.45) is 0.517. The molecule has 0 aliphatic heterocycles. The van der Waals surface area contributed by atoms with Crippen LogP contribution in [0.4, 0.5) is 20.6 Å². The van der Waals surface area contributed by atoms with Gasteiger partial charge in [-0.15, -0.1) is 0 Å². The Morgan fingerprint density at radius 2 is 1.64 bits per heavy atom. The van der Waals surface area contributed by atoms with Crippen molar-refractivity contribution in [3.05, 3.63) is 95.8 Å². The predicted octanol–water partition coefficient (Wildman–Crippen LogP) is 4.90. The highest BCUT2D eigenvalue weighted by atomic mass is 19.1. The number of nitrogens with zero attached hydrogens (tertiary/aromatic N) is 1. The highest BCUT2D eigenvalue weighted by molar-refractivity contribution is 6.01. The van der Waals surface area contributed by atoms with Gasteiger partial charge >= 0.3 is 6.03 Å². The van der Waals surface area contributed by atoms with E-state index in [9.17, 15) is 14.0 Å². The number of nitrogens with one attached hydrogen (secondary N) is 2. The molecule has 0 aromatic heterocycles. The average Bonchev–Trinajstić information content (AvgIpc) is 2.82. The van der Waals surface area contributed by atoms with Gasteiger partial charge in [0.05, 0.1) is 6.61 Å². The van der Waals surface area contributed by atoms with Gasteiger partial charge in [0, 0.05) is 24.5 Å². The Hall–Kier alpha value is -3.71. The number of rotatable bonds is 10. The first kappa shape index (κ1) is 23.9. The Labute approximate surface area is 193 Å². The molecule has 7 heteroatoms. The van der Waals surface area contributed by atoms with Gasteiger partial charge in [0.25, 0.3) is 0 Å². The van der Waals surface area contributed by atoms with Crippen LogP contribution in [0.1, 0.15) is 17.5 Å². The number of carbonyl (C=O) groups is 2. The minimum atomic E-state index is -0.375. The molecule has 0 saturated carbocycles. The highest BCUT2D eigenvalue weighted by Crippen LogP contribution is 2.18. The monoisotopic (exact) mass is 449 g/mol. The summed E-state index contributed by atoms with van der Waals surface area (Å²) in [6.45, 7) is 3.02. The number of halogens is 1. The van der Waals surface area contributed by atoms with Crippen LogP contribution in [-0.2, 0) is 16.1 Å². The van der Waals surface area contributed by atoms with Gasteiger partial charge in [-0.1, -0.05) is 48.0 Å². The summed E-state index contributed by atoms with van der Waals surface area (Å²) >= 11 is 0. The summed E-state index contributed by atoms with van der Waals surface area (Å²) in [5.41, 5.74) is 3.33. The molecule has 0 aliphatic rings. The lowest BCUT2D eigenvalue weighted by Gasteiger charge is -2.23. The van der Waals surface area contributed by atoms with Crippen LogP contribution in [0.25, 0.3) is 0 Å². The van der Waals surface area contributed by atoms with Crippen LogP contribution in [0, 0.1) is 12.7 Å². The maximum Gasteiger partial charge on any atom is 0.326 e. The van der Waals surface area contributed by atoms with Crippen molar-refractivity contribution in [2.45, 2.75) is 20.0 Å². The fourth-order valence-electron chi connectivity index (χ4n) is 3.15. The van der Waals surface area contributed by atoms with E-state index in [1.807, 2.05) is 61.5 Å². The van der Waals surface area contributed by atoms with Crippen LogP contribution >= 0.6 is 0 Å². The van der Waals surface area contributed by atoms with Gasteiger partial charge in [-0.05, 0) is 55.3 Å². The topological polar surface area (TPSA) is 70.7 Å². The van der Waals surface area contributed by atoms with E-state index in [0.717, 1.165) is 11.1 Å². The number of aryl methyl sites for hydroxylation is 1. The van der Waals surface area contributed by atoms with E-state index in [1.165, 1.54) is 17.0 Å². The zero-order valence-corrected chi connectivity index (χ0v) is 18.6. The first-order chi connectivity index (χ1) is 16.0. The van der Waals surface area contributed by atoms with Gasteiger partial charge < -0.3 is 15.4 Å². The lowest BCUT2D eigenvalue weighted by atomic mass is 10.2. The van der Waals surface area contributed by atoms with Gasteiger partial charge in [-0.2, -0.15) is 0 Å². The molecule has 0 radical (unpaired) electrons. The summed E-state index contributed by atoms with van der Waals surface area (Å²) in [5, 5.41) is 5.66. The largest absolute Gasteiger partial charge is 0.367 e. The van der Waals surface area contributed by atoms with Crippen LogP contribution in [0.3, 0.4) is 0 Å². The van der Waals surface area contributed by atoms with Crippen molar-refractivity contribution in [1.29, 1.82) is 0 Å². The quantitative estimate of drug-likeness (QED) is 0.433. The molecular formula is C26H28FN3O3. The zero-order chi connectivity index (χ0) is 23.5. The minimum absolute atomic E-state index is 0.0372. The van der Waals surface area contributed by atoms with Crippen LogP contribution in [0.15, 0.2) is 78.9 Å². The second kappa shape index (κ2) is 12.4. The van der Waals surface area contributed by atoms with Crippen molar-refractivity contribution in [1.82, 2.24) is 5.32 Å². The predicted molar refractivity (Wildman–Crippen MR) is 128 cm³/mol. The summed E-state index contributed by atoms with van der Waals surface area (Å²) in [7, 11) is 0. The minimum Gasteiger partial charge on any atom is -0.367 e. The van der Waals surface area contributed by atoms with Crippen LogP contribution in [0.5, 0.6) is 0 Å². The van der Waals surface area contributed by atoms with Gasteiger partial charge in [0.15, 0.2) is 0 Å². The van der Waals surface area contributed by atoms with Crippen LogP contribution in [0.2, 0.25) is 0 Å². The number of ether oxygens (including phenoxy) is 1. The van der Waals surface area contributed by atoms with Crippen LogP contribution < -0.4 is 15.5 Å². The molecule has 0 atom stereocenters. The van der Waals surface area contributed by atoms with E-state index in [4.69, 9.17) is 4.74 Å². The van der Waals surface area contributed by atoms with Gasteiger partial charge in [0.1, 0.15) is 12.4 Å². The second-order valence-corrected chi connectivity index (χ2v) is 7.61. The smallest absolute Gasteiger partial charge is 0.326 e. The maximum atomic E-state index is 13.4. The molecule has 0 aliphatic carbocycles. The van der Waals surface area contributed by atoms with Gasteiger partial charge in [-0.3, -0.25) is 9.69 Å². The molecule has 3 rings (SSSR count). The Bertz CT molecular complexity index is 1020. The summed E-state index contributed by atoms with van der Waals surface area (Å²) in [5.74, 6) is -0.594. The van der Waals surface area contributed by atoms with Crippen molar-refractivity contribution in [3.63, 3.8) is 0 Å². The van der Waals surface area contributed by atoms with Crippen molar-refractivity contribution >= 4 is 23.3 Å². The summed E-state index contributed by atoms with van der Waals surface area (Å²) in [6, 6.07) is 22.5.